The van der Waals surface area contributed by atoms with Crippen LogP contribution in [0, 0.1) is 0 Å². The predicted octanol–water partition coefficient (Wildman–Crippen LogP) is 2.43. The van der Waals surface area contributed by atoms with Gasteiger partial charge in [0.2, 0.25) is 5.91 Å². The summed E-state index contributed by atoms with van der Waals surface area (Å²) in [7, 11) is 4.11. The van der Waals surface area contributed by atoms with Gasteiger partial charge in [-0.1, -0.05) is 19.3 Å². The van der Waals surface area contributed by atoms with Crippen LogP contribution < -0.4 is 5.73 Å². The number of hydrogen-bond acceptors (Lipinski definition) is 3. The Bertz CT molecular complexity index is 335. The molecule has 2 N–H and O–H groups in total. The molecule has 6 heteroatoms. The first-order chi connectivity index (χ1) is 8.94. The van der Waals surface area contributed by atoms with Crippen LogP contribution in [-0.4, -0.2) is 54.0 Å². The van der Waals surface area contributed by atoms with Gasteiger partial charge in [0.25, 0.3) is 0 Å². The molecule has 1 aliphatic carbocycles. The average molecular weight is 340 g/mol. The summed E-state index contributed by atoms with van der Waals surface area (Å²) in [6, 6.07) is 0.912. The van der Waals surface area contributed by atoms with Crippen LogP contribution in [0.4, 0.5) is 0 Å². The van der Waals surface area contributed by atoms with Crippen molar-refractivity contribution in [2.75, 3.05) is 20.6 Å². The summed E-state index contributed by atoms with van der Waals surface area (Å²) < 4.78 is 0. The number of amides is 1. The maximum absolute atomic E-state index is 12.7. The standard InChI is InChI=1S/C15H29N3O.2ClH/c1-12-11-13(7-10-17(12)2)18(3)14(19)15(16)8-5-4-6-9-15;;/h12-13H,4-11,16H2,1-3H3;2*1H. The van der Waals surface area contributed by atoms with Crippen molar-refractivity contribution in [1.82, 2.24) is 9.80 Å². The van der Waals surface area contributed by atoms with Crippen LogP contribution in [0.5, 0.6) is 0 Å². The van der Waals surface area contributed by atoms with E-state index in [9.17, 15) is 4.79 Å². The van der Waals surface area contributed by atoms with Gasteiger partial charge >= 0.3 is 0 Å². The van der Waals surface area contributed by atoms with E-state index >= 15 is 0 Å². The highest BCUT2D eigenvalue weighted by Crippen LogP contribution is 2.29. The number of carbonyl (C=O) groups excluding carboxylic acids is 1. The number of nitrogens with zero attached hydrogens (tertiary/aromatic N) is 2. The lowest BCUT2D eigenvalue weighted by Gasteiger charge is -2.43. The fraction of sp³-hybridized carbons (Fsp3) is 0.933. The maximum Gasteiger partial charge on any atom is 0.242 e. The van der Waals surface area contributed by atoms with E-state index < -0.39 is 5.54 Å². The lowest BCUT2D eigenvalue weighted by Crippen LogP contribution is -2.59. The van der Waals surface area contributed by atoms with Crippen LogP contribution in [0.1, 0.15) is 51.9 Å². The van der Waals surface area contributed by atoms with Crippen LogP contribution in [-0.2, 0) is 4.79 Å². The van der Waals surface area contributed by atoms with Crippen molar-refractivity contribution in [2.45, 2.75) is 69.5 Å². The Morgan fingerprint density at radius 1 is 1.24 bits per heavy atom. The zero-order chi connectivity index (χ0) is 14.0. The van der Waals surface area contributed by atoms with Crippen molar-refractivity contribution in [3.8, 4) is 0 Å². The van der Waals surface area contributed by atoms with Crippen LogP contribution in [0.15, 0.2) is 0 Å². The van der Waals surface area contributed by atoms with Crippen LogP contribution >= 0.6 is 24.8 Å². The van der Waals surface area contributed by atoms with Gasteiger partial charge in [0.05, 0.1) is 5.54 Å². The molecule has 4 nitrogen and oxygen atoms in total. The second kappa shape index (κ2) is 8.56. The number of likely N-dealkylation sites (tertiary alicyclic amines) is 1. The molecule has 1 saturated heterocycles. The van der Waals surface area contributed by atoms with Crippen LogP contribution in [0.25, 0.3) is 0 Å². The van der Waals surface area contributed by atoms with Crippen molar-refractivity contribution in [1.29, 1.82) is 0 Å². The number of halogens is 2. The molecule has 2 fully saturated rings. The second-order valence-electron chi connectivity index (χ2n) is 6.64. The summed E-state index contributed by atoms with van der Waals surface area (Å²) in [5.74, 6) is 0.175. The third-order valence-electron chi connectivity index (χ3n) is 5.22. The Balaban J connectivity index is 0.00000200. The number of carbonyl (C=O) groups is 1. The van der Waals surface area contributed by atoms with Gasteiger partial charge in [-0.15, -0.1) is 24.8 Å². The van der Waals surface area contributed by atoms with Gasteiger partial charge in [-0.05, 0) is 39.7 Å². The van der Waals surface area contributed by atoms with Gasteiger partial charge in [0, 0.05) is 25.7 Å². The quantitative estimate of drug-likeness (QED) is 0.840. The largest absolute Gasteiger partial charge is 0.341 e. The van der Waals surface area contributed by atoms with E-state index in [1.54, 1.807) is 0 Å². The van der Waals surface area contributed by atoms with E-state index in [2.05, 4.69) is 18.9 Å². The highest BCUT2D eigenvalue weighted by Gasteiger charge is 2.40. The molecule has 0 aromatic heterocycles. The fourth-order valence-electron chi connectivity index (χ4n) is 3.53. The molecule has 1 aliphatic heterocycles. The number of rotatable bonds is 2. The molecule has 126 valence electrons. The zero-order valence-corrected chi connectivity index (χ0v) is 15.1. The third-order valence-corrected chi connectivity index (χ3v) is 5.22. The lowest BCUT2D eigenvalue weighted by molar-refractivity contribution is -0.140. The van der Waals surface area contributed by atoms with E-state index in [1.165, 1.54) is 6.42 Å². The molecule has 2 unspecified atom stereocenters. The van der Waals surface area contributed by atoms with E-state index in [4.69, 9.17) is 5.73 Å². The fourth-order valence-corrected chi connectivity index (χ4v) is 3.53. The van der Waals surface area contributed by atoms with E-state index in [-0.39, 0.29) is 30.7 Å². The summed E-state index contributed by atoms with van der Waals surface area (Å²) in [5, 5.41) is 0. The van der Waals surface area contributed by atoms with Crippen LogP contribution in [0.3, 0.4) is 0 Å². The summed E-state index contributed by atoms with van der Waals surface area (Å²) >= 11 is 0. The molecule has 0 radical (unpaired) electrons. The van der Waals surface area contributed by atoms with Gasteiger partial charge in [-0.25, -0.2) is 0 Å². The first-order valence-corrected chi connectivity index (χ1v) is 7.70. The van der Waals surface area contributed by atoms with Crippen molar-refractivity contribution < 1.29 is 4.79 Å². The SMILES string of the molecule is CC1CC(N(C)C(=O)C2(N)CCCCC2)CCN1C.Cl.Cl. The maximum atomic E-state index is 12.7. The lowest BCUT2D eigenvalue weighted by atomic mass is 9.81. The molecule has 0 bridgehead atoms. The minimum Gasteiger partial charge on any atom is -0.341 e. The van der Waals surface area contributed by atoms with Gasteiger partial charge in [0.1, 0.15) is 0 Å². The number of nitrogens with two attached hydrogens (primary N) is 1. The summed E-state index contributed by atoms with van der Waals surface area (Å²) in [6.45, 7) is 3.31. The highest BCUT2D eigenvalue weighted by atomic mass is 35.5. The van der Waals surface area contributed by atoms with Gasteiger partial charge in [0.15, 0.2) is 0 Å². The first kappa shape index (κ1) is 21.0. The molecule has 2 atom stereocenters. The molecule has 2 aliphatic rings. The van der Waals surface area contributed by atoms with Crippen molar-refractivity contribution >= 4 is 30.7 Å². The normalized spacial score (nSPS) is 29.0. The van der Waals surface area contributed by atoms with Crippen molar-refractivity contribution in [3.05, 3.63) is 0 Å². The molecular formula is C15H31Cl2N3O. The second-order valence-corrected chi connectivity index (χ2v) is 6.64. The van der Waals surface area contributed by atoms with Gasteiger partial charge < -0.3 is 15.5 Å². The molecular weight excluding hydrogens is 309 g/mol. The first-order valence-electron chi connectivity index (χ1n) is 7.70. The Morgan fingerprint density at radius 2 is 1.81 bits per heavy atom. The minimum atomic E-state index is -0.584. The summed E-state index contributed by atoms with van der Waals surface area (Å²) in [6.07, 6.45) is 7.27. The minimum absolute atomic E-state index is 0. The van der Waals surface area contributed by atoms with E-state index in [0.717, 1.165) is 45.1 Å². The Hall–Kier alpha value is -0.0300. The topological polar surface area (TPSA) is 49.6 Å². The molecule has 0 aromatic rings. The highest BCUT2D eigenvalue weighted by molar-refractivity contribution is 5.86. The van der Waals surface area contributed by atoms with E-state index in [1.807, 2.05) is 11.9 Å². The molecule has 1 amide bonds. The van der Waals surface area contributed by atoms with Gasteiger partial charge in [-0.2, -0.15) is 0 Å². The summed E-state index contributed by atoms with van der Waals surface area (Å²) in [4.78, 5) is 17.0. The zero-order valence-electron chi connectivity index (χ0n) is 13.5. The number of piperidine rings is 1. The predicted molar refractivity (Wildman–Crippen MR) is 92.4 cm³/mol. The van der Waals surface area contributed by atoms with E-state index in [0.29, 0.717) is 12.1 Å². The monoisotopic (exact) mass is 339 g/mol. The molecule has 2 rings (SSSR count). The van der Waals surface area contributed by atoms with Crippen LogP contribution in [0.2, 0.25) is 0 Å². The van der Waals surface area contributed by atoms with Crippen molar-refractivity contribution in [2.24, 2.45) is 5.73 Å². The molecule has 1 heterocycles. The summed E-state index contributed by atoms with van der Waals surface area (Å²) in [5.41, 5.74) is 5.79. The average Bonchev–Trinajstić information content (AvgIpc) is 2.41. The Morgan fingerprint density at radius 3 is 2.33 bits per heavy atom. The molecule has 1 saturated carbocycles. The number of likely N-dealkylation sites (N-methyl/N-ethyl adjacent to an activating group) is 1. The number of hydrogen-bond donors (Lipinski definition) is 1. The smallest absolute Gasteiger partial charge is 0.242 e. The Kier molecular flexibility index (Phi) is 8.55. The van der Waals surface area contributed by atoms with Gasteiger partial charge in [-0.3, -0.25) is 4.79 Å². The molecule has 0 spiro atoms. The third kappa shape index (κ3) is 4.72. The van der Waals surface area contributed by atoms with Crippen molar-refractivity contribution in [3.63, 3.8) is 0 Å². The Labute approximate surface area is 141 Å². The molecule has 0 aromatic carbocycles. The molecule has 21 heavy (non-hydrogen) atoms.